The zero-order valence-electron chi connectivity index (χ0n) is 6.96. The van der Waals surface area contributed by atoms with Gasteiger partial charge in [-0.3, -0.25) is 0 Å². The first-order valence-electron chi connectivity index (χ1n) is 3.47. The maximum Gasteiger partial charge on any atom is 0.0718 e. The van der Waals surface area contributed by atoms with Gasteiger partial charge in [0.1, 0.15) is 0 Å². The van der Waals surface area contributed by atoms with Gasteiger partial charge in [-0.15, -0.1) is 0 Å². The molecule has 0 aliphatic carbocycles. The molecule has 0 spiro atoms. The van der Waals surface area contributed by atoms with Crippen LogP contribution in [-0.2, 0) is 0 Å². The molecule has 0 atom stereocenters. The Hall–Kier alpha value is 0.270. The van der Waals surface area contributed by atoms with Crippen molar-refractivity contribution in [1.29, 1.82) is 0 Å². The maximum absolute atomic E-state index is 9.35. The van der Waals surface area contributed by atoms with Crippen molar-refractivity contribution in [3.8, 4) is 0 Å². The van der Waals surface area contributed by atoms with E-state index in [0.29, 0.717) is 6.54 Å². The predicted octanol–water partition coefficient (Wildman–Crippen LogP) is 0.619. The van der Waals surface area contributed by atoms with E-state index >= 15 is 0 Å². The highest BCUT2D eigenvalue weighted by Gasteiger charge is 2.14. The summed E-state index contributed by atoms with van der Waals surface area (Å²) in [5, 5.41) is 9.35. The van der Waals surface area contributed by atoms with Gasteiger partial charge in [0.05, 0.1) is 5.60 Å². The molecule has 3 heteroatoms. The summed E-state index contributed by atoms with van der Waals surface area (Å²) >= 11 is 4.09. The molecule has 1 N–H and O–H groups in total. The van der Waals surface area contributed by atoms with Gasteiger partial charge in [-0.25, -0.2) is 0 Å². The fourth-order valence-electron chi connectivity index (χ4n) is 0.910. The molecule has 2 nitrogen and oxygen atoms in total. The summed E-state index contributed by atoms with van der Waals surface area (Å²) in [4.78, 5) is 2.06. The Morgan fingerprint density at radius 2 is 2.00 bits per heavy atom. The minimum atomic E-state index is -0.586. The fourth-order valence-corrected chi connectivity index (χ4v) is 1.25. The van der Waals surface area contributed by atoms with E-state index < -0.39 is 5.60 Å². The smallest absolute Gasteiger partial charge is 0.0718 e. The summed E-state index contributed by atoms with van der Waals surface area (Å²) in [7, 11) is 1.98. The molecule has 0 aliphatic heterocycles. The number of thiol groups is 1. The number of hydrogen-bond acceptors (Lipinski definition) is 3. The molecule has 0 aromatic heterocycles. The number of hydrogen-bond donors (Lipinski definition) is 2. The monoisotopic (exact) mass is 163 g/mol. The molecule has 0 radical (unpaired) electrons. The summed E-state index contributed by atoms with van der Waals surface area (Å²) in [6, 6.07) is 0. The van der Waals surface area contributed by atoms with E-state index in [9.17, 15) is 5.11 Å². The molecular weight excluding hydrogens is 146 g/mol. The van der Waals surface area contributed by atoms with Crippen LogP contribution < -0.4 is 0 Å². The lowest BCUT2D eigenvalue weighted by atomic mass is 10.1. The first-order chi connectivity index (χ1) is 4.45. The highest BCUT2D eigenvalue weighted by atomic mass is 32.1. The van der Waals surface area contributed by atoms with Crippen LogP contribution in [0.2, 0.25) is 0 Å². The quantitative estimate of drug-likeness (QED) is 0.594. The molecule has 62 valence electrons. The van der Waals surface area contributed by atoms with Crippen LogP contribution in [-0.4, -0.2) is 41.5 Å². The Morgan fingerprint density at radius 3 is 2.30 bits per heavy atom. The molecule has 0 saturated carbocycles. The van der Waals surface area contributed by atoms with Crippen molar-refractivity contribution < 1.29 is 5.11 Å². The summed E-state index contributed by atoms with van der Waals surface area (Å²) in [5.74, 6) is 0.840. The highest BCUT2D eigenvalue weighted by Crippen LogP contribution is 2.02. The average Bonchev–Trinajstić information content (AvgIpc) is 1.59. The Balaban J connectivity index is 3.47. The molecule has 0 aromatic rings. The topological polar surface area (TPSA) is 23.5 Å². The molecule has 0 rings (SSSR count). The van der Waals surface area contributed by atoms with Crippen LogP contribution >= 0.6 is 12.6 Å². The average molecular weight is 163 g/mol. The Bertz CT molecular complexity index is 90.1. The summed E-state index contributed by atoms with van der Waals surface area (Å²) in [6.07, 6.45) is 0. The molecule has 0 bridgehead atoms. The Kier molecular flexibility index (Phi) is 4.32. The summed E-state index contributed by atoms with van der Waals surface area (Å²) < 4.78 is 0. The summed E-state index contributed by atoms with van der Waals surface area (Å²) in [6.45, 7) is 5.24. The van der Waals surface area contributed by atoms with Gasteiger partial charge >= 0.3 is 0 Å². The van der Waals surface area contributed by atoms with E-state index in [-0.39, 0.29) is 0 Å². The standard InChI is InChI=1S/C7H17NOS/c1-7(2,9)6-8(3)4-5-10/h9-10H,4-6H2,1-3H3. The number of nitrogens with zero attached hydrogens (tertiary/aromatic N) is 1. The van der Waals surface area contributed by atoms with Crippen LogP contribution in [0.1, 0.15) is 13.8 Å². The lowest BCUT2D eigenvalue weighted by Gasteiger charge is -2.24. The molecule has 0 heterocycles. The van der Waals surface area contributed by atoms with Gasteiger partial charge in [-0.05, 0) is 20.9 Å². The van der Waals surface area contributed by atoms with Crippen molar-refractivity contribution in [2.75, 3.05) is 25.9 Å². The summed E-state index contributed by atoms with van der Waals surface area (Å²) in [5.41, 5.74) is -0.586. The second-order valence-electron chi connectivity index (χ2n) is 3.27. The molecule has 0 saturated heterocycles. The van der Waals surface area contributed by atoms with Crippen molar-refractivity contribution in [2.45, 2.75) is 19.4 Å². The minimum absolute atomic E-state index is 0.586. The van der Waals surface area contributed by atoms with Crippen LogP contribution in [0.3, 0.4) is 0 Å². The predicted molar refractivity (Wildman–Crippen MR) is 47.6 cm³/mol. The third kappa shape index (κ3) is 6.39. The zero-order valence-corrected chi connectivity index (χ0v) is 7.86. The van der Waals surface area contributed by atoms with Crippen LogP contribution in [0.5, 0.6) is 0 Å². The van der Waals surface area contributed by atoms with Crippen molar-refractivity contribution in [3.05, 3.63) is 0 Å². The van der Waals surface area contributed by atoms with Gasteiger partial charge in [0.25, 0.3) is 0 Å². The van der Waals surface area contributed by atoms with E-state index in [4.69, 9.17) is 0 Å². The van der Waals surface area contributed by atoms with E-state index in [1.807, 2.05) is 20.9 Å². The number of rotatable bonds is 4. The van der Waals surface area contributed by atoms with Crippen LogP contribution in [0.25, 0.3) is 0 Å². The maximum atomic E-state index is 9.35. The van der Waals surface area contributed by atoms with E-state index in [2.05, 4.69) is 17.5 Å². The molecule has 0 amide bonds. The first kappa shape index (κ1) is 10.3. The lowest BCUT2D eigenvalue weighted by molar-refractivity contribution is 0.0465. The molecule has 10 heavy (non-hydrogen) atoms. The number of likely N-dealkylation sites (N-methyl/N-ethyl adjacent to an activating group) is 1. The normalized spacial score (nSPS) is 12.6. The largest absolute Gasteiger partial charge is 0.389 e. The van der Waals surface area contributed by atoms with Gasteiger partial charge < -0.3 is 10.0 Å². The molecule has 0 aliphatic rings. The molecule has 0 aromatic carbocycles. The van der Waals surface area contributed by atoms with Crippen molar-refractivity contribution in [2.24, 2.45) is 0 Å². The van der Waals surface area contributed by atoms with Crippen LogP contribution in [0, 0.1) is 0 Å². The van der Waals surface area contributed by atoms with E-state index in [1.54, 1.807) is 0 Å². The Labute approximate surface area is 68.6 Å². The zero-order chi connectivity index (χ0) is 8.20. The first-order valence-corrected chi connectivity index (χ1v) is 4.11. The van der Waals surface area contributed by atoms with E-state index in [1.165, 1.54) is 0 Å². The van der Waals surface area contributed by atoms with Crippen LogP contribution in [0.15, 0.2) is 0 Å². The highest BCUT2D eigenvalue weighted by molar-refractivity contribution is 7.80. The van der Waals surface area contributed by atoms with Gasteiger partial charge in [0.2, 0.25) is 0 Å². The van der Waals surface area contributed by atoms with Gasteiger partial charge in [-0.1, -0.05) is 0 Å². The minimum Gasteiger partial charge on any atom is -0.389 e. The van der Waals surface area contributed by atoms with Gasteiger partial charge in [0, 0.05) is 18.8 Å². The van der Waals surface area contributed by atoms with Crippen molar-refractivity contribution >= 4 is 12.6 Å². The van der Waals surface area contributed by atoms with Gasteiger partial charge in [-0.2, -0.15) is 12.6 Å². The lowest BCUT2D eigenvalue weighted by Crippen LogP contribution is -2.37. The van der Waals surface area contributed by atoms with Crippen molar-refractivity contribution in [1.82, 2.24) is 4.90 Å². The van der Waals surface area contributed by atoms with Gasteiger partial charge in [0.15, 0.2) is 0 Å². The SMILES string of the molecule is CN(CCS)CC(C)(C)O. The molecule has 0 fully saturated rings. The second-order valence-corrected chi connectivity index (χ2v) is 3.72. The van der Waals surface area contributed by atoms with E-state index in [0.717, 1.165) is 12.3 Å². The van der Waals surface area contributed by atoms with Crippen LogP contribution in [0.4, 0.5) is 0 Å². The fraction of sp³-hybridized carbons (Fsp3) is 1.00. The third-order valence-electron chi connectivity index (χ3n) is 1.14. The second kappa shape index (κ2) is 4.21. The molecular formula is C7H17NOS. The third-order valence-corrected chi connectivity index (χ3v) is 1.34. The van der Waals surface area contributed by atoms with Crippen molar-refractivity contribution in [3.63, 3.8) is 0 Å². The number of aliphatic hydroxyl groups is 1. The Morgan fingerprint density at radius 1 is 1.50 bits per heavy atom. The molecule has 0 unspecified atom stereocenters.